The van der Waals surface area contributed by atoms with E-state index in [9.17, 15) is 4.79 Å². The molecule has 2 rings (SSSR count). The molecule has 1 fully saturated rings. The number of aromatic nitrogens is 1. The van der Waals surface area contributed by atoms with E-state index < -0.39 is 5.79 Å². The first-order chi connectivity index (χ1) is 8.87. The Morgan fingerprint density at radius 2 is 2.26 bits per heavy atom. The number of carbonyl (C=O) groups excluding carboxylic acids is 1. The van der Waals surface area contributed by atoms with E-state index in [4.69, 9.17) is 32.7 Å². The molecule has 1 saturated heterocycles. The molecule has 1 amide bonds. The van der Waals surface area contributed by atoms with Crippen LogP contribution in [0.3, 0.4) is 0 Å². The SMILES string of the molecule is CC1(C)OCC(CNC(=O)c2nc(Cl)ccc2Cl)O1. The van der Waals surface area contributed by atoms with Crippen LogP contribution in [-0.4, -0.2) is 35.9 Å². The quantitative estimate of drug-likeness (QED) is 0.870. The van der Waals surface area contributed by atoms with Gasteiger partial charge in [0.2, 0.25) is 0 Å². The Labute approximate surface area is 121 Å². The molecule has 1 atom stereocenters. The number of hydrogen-bond donors (Lipinski definition) is 1. The Morgan fingerprint density at radius 1 is 1.53 bits per heavy atom. The second-order valence-corrected chi connectivity index (χ2v) is 5.42. The molecule has 1 aliphatic rings. The van der Waals surface area contributed by atoms with E-state index in [0.29, 0.717) is 13.2 Å². The lowest BCUT2D eigenvalue weighted by atomic mass is 10.3. The molecular weight excluding hydrogens is 291 g/mol. The van der Waals surface area contributed by atoms with Gasteiger partial charge in [-0.1, -0.05) is 23.2 Å². The number of nitrogens with zero attached hydrogens (tertiary/aromatic N) is 1. The summed E-state index contributed by atoms with van der Waals surface area (Å²) in [7, 11) is 0. The summed E-state index contributed by atoms with van der Waals surface area (Å²) in [5.41, 5.74) is 0.104. The molecule has 0 aromatic carbocycles. The third-order valence-electron chi connectivity index (χ3n) is 2.58. The molecule has 5 nitrogen and oxygen atoms in total. The van der Waals surface area contributed by atoms with Gasteiger partial charge < -0.3 is 14.8 Å². The fourth-order valence-corrected chi connectivity index (χ4v) is 2.07. The third kappa shape index (κ3) is 3.79. The summed E-state index contributed by atoms with van der Waals surface area (Å²) in [5.74, 6) is -0.998. The predicted molar refractivity (Wildman–Crippen MR) is 71.5 cm³/mol. The maximum atomic E-state index is 11.9. The molecule has 1 aliphatic heterocycles. The highest BCUT2D eigenvalue weighted by Gasteiger charge is 2.32. The van der Waals surface area contributed by atoms with Gasteiger partial charge in [0.25, 0.3) is 5.91 Å². The molecule has 19 heavy (non-hydrogen) atoms. The number of amides is 1. The largest absolute Gasteiger partial charge is 0.348 e. The Morgan fingerprint density at radius 3 is 2.89 bits per heavy atom. The van der Waals surface area contributed by atoms with Crippen molar-refractivity contribution in [1.82, 2.24) is 10.3 Å². The van der Waals surface area contributed by atoms with Crippen LogP contribution in [0.1, 0.15) is 24.3 Å². The summed E-state index contributed by atoms with van der Waals surface area (Å²) in [6, 6.07) is 3.06. The zero-order valence-corrected chi connectivity index (χ0v) is 12.1. The minimum Gasteiger partial charge on any atom is -0.348 e. The van der Waals surface area contributed by atoms with Crippen LogP contribution in [0.15, 0.2) is 12.1 Å². The molecule has 0 spiro atoms. The van der Waals surface area contributed by atoms with Gasteiger partial charge in [-0.15, -0.1) is 0 Å². The lowest BCUT2D eigenvalue weighted by molar-refractivity contribution is -0.137. The number of hydrogen-bond acceptors (Lipinski definition) is 4. The number of nitrogens with one attached hydrogen (secondary N) is 1. The Kier molecular flexibility index (Phi) is 4.30. The summed E-state index contributed by atoms with van der Waals surface area (Å²) in [4.78, 5) is 15.8. The van der Waals surface area contributed by atoms with E-state index in [2.05, 4.69) is 10.3 Å². The van der Waals surface area contributed by atoms with Gasteiger partial charge in [-0.05, 0) is 26.0 Å². The molecule has 0 radical (unpaired) electrons. The standard InChI is InChI=1S/C12H14Cl2N2O3/c1-12(2)18-6-7(19-12)5-15-11(17)10-8(13)3-4-9(14)16-10/h3-4,7H,5-6H2,1-2H3,(H,15,17). The van der Waals surface area contributed by atoms with Gasteiger partial charge >= 0.3 is 0 Å². The van der Waals surface area contributed by atoms with Crippen molar-refractivity contribution in [3.8, 4) is 0 Å². The van der Waals surface area contributed by atoms with Crippen LogP contribution in [0.5, 0.6) is 0 Å². The molecule has 1 unspecified atom stereocenters. The van der Waals surface area contributed by atoms with Gasteiger partial charge in [-0.2, -0.15) is 0 Å². The average molecular weight is 305 g/mol. The van der Waals surface area contributed by atoms with Crippen molar-refractivity contribution >= 4 is 29.1 Å². The van der Waals surface area contributed by atoms with Gasteiger partial charge in [-0.25, -0.2) is 4.98 Å². The molecule has 1 aromatic heterocycles. The van der Waals surface area contributed by atoms with Crippen molar-refractivity contribution in [3.05, 3.63) is 28.0 Å². The van der Waals surface area contributed by atoms with Crippen LogP contribution in [0.25, 0.3) is 0 Å². The Balaban J connectivity index is 1.93. The van der Waals surface area contributed by atoms with Crippen molar-refractivity contribution in [3.63, 3.8) is 0 Å². The molecule has 0 bridgehead atoms. The van der Waals surface area contributed by atoms with Crippen molar-refractivity contribution in [1.29, 1.82) is 0 Å². The Bertz CT molecular complexity index is 494. The first-order valence-electron chi connectivity index (χ1n) is 5.79. The van der Waals surface area contributed by atoms with Crippen LogP contribution in [0.2, 0.25) is 10.2 Å². The van der Waals surface area contributed by atoms with E-state index in [1.165, 1.54) is 12.1 Å². The van der Waals surface area contributed by atoms with Crippen molar-refractivity contribution in [2.24, 2.45) is 0 Å². The first-order valence-corrected chi connectivity index (χ1v) is 6.55. The molecule has 1 N–H and O–H groups in total. The molecule has 1 aromatic rings. The zero-order valence-electron chi connectivity index (χ0n) is 10.6. The van der Waals surface area contributed by atoms with Crippen LogP contribution >= 0.6 is 23.2 Å². The van der Waals surface area contributed by atoms with E-state index in [-0.39, 0.29) is 27.9 Å². The lowest BCUT2D eigenvalue weighted by Gasteiger charge is -2.17. The summed E-state index contributed by atoms with van der Waals surface area (Å²) < 4.78 is 11.0. The van der Waals surface area contributed by atoms with Crippen molar-refractivity contribution in [2.75, 3.05) is 13.2 Å². The normalized spacial score (nSPS) is 21.4. The third-order valence-corrected chi connectivity index (χ3v) is 3.10. The molecule has 2 heterocycles. The zero-order chi connectivity index (χ0) is 14.0. The number of ether oxygens (including phenoxy) is 2. The second-order valence-electron chi connectivity index (χ2n) is 4.63. The smallest absolute Gasteiger partial charge is 0.271 e. The van der Waals surface area contributed by atoms with Crippen LogP contribution in [0, 0.1) is 0 Å². The highest BCUT2D eigenvalue weighted by atomic mass is 35.5. The number of halogens is 2. The minimum absolute atomic E-state index is 0.104. The molecule has 0 saturated carbocycles. The van der Waals surface area contributed by atoms with Crippen LogP contribution < -0.4 is 5.32 Å². The summed E-state index contributed by atoms with van der Waals surface area (Å²) in [6.45, 7) is 4.41. The number of pyridine rings is 1. The monoisotopic (exact) mass is 304 g/mol. The summed E-state index contributed by atoms with van der Waals surface area (Å²) >= 11 is 11.6. The average Bonchev–Trinajstić information content (AvgIpc) is 2.69. The van der Waals surface area contributed by atoms with E-state index in [0.717, 1.165) is 0 Å². The lowest BCUT2D eigenvalue weighted by Crippen LogP contribution is -2.35. The van der Waals surface area contributed by atoms with Gasteiger partial charge in [0.05, 0.1) is 11.6 Å². The second kappa shape index (κ2) is 5.63. The topological polar surface area (TPSA) is 60.5 Å². The fraction of sp³-hybridized carbons (Fsp3) is 0.500. The van der Waals surface area contributed by atoms with E-state index in [1.807, 2.05) is 13.8 Å². The van der Waals surface area contributed by atoms with Crippen molar-refractivity contribution in [2.45, 2.75) is 25.7 Å². The van der Waals surface area contributed by atoms with Gasteiger partial charge in [0, 0.05) is 6.54 Å². The molecule has 0 aliphatic carbocycles. The highest BCUT2D eigenvalue weighted by Crippen LogP contribution is 2.22. The van der Waals surface area contributed by atoms with E-state index >= 15 is 0 Å². The number of carbonyl (C=O) groups is 1. The Hall–Kier alpha value is -0.880. The number of rotatable bonds is 3. The van der Waals surface area contributed by atoms with Crippen LogP contribution in [0.4, 0.5) is 0 Å². The minimum atomic E-state index is -0.610. The predicted octanol–water partition coefficient (Wildman–Crippen LogP) is 2.27. The van der Waals surface area contributed by atoms with Gasteiger partial charge in [-0.3, -0.25) is 4.79 Å². The molecular formula is C12H14Cl2N2O3. The summed E-state index contributed by atoms with van der Waals surface area (Å²) in [6.07, 6.45) is -0.183. The van der Waals surface area contributed by atoms with Crippen LogP contribution in [-0.2, 0) is 9.47 Å². The fourth-order valence-electron chi connectivity index (χ4n) is 1.73. The van der Waals surface area contributed by atoms with E-state index in [1.54, 1.807) is 0 Å². The van der Waals surface area contributed by atoms with Crippen molar-refractivity contribution < 1.29 is 14.3 Å². The first kappa shape index (κ1) is 14.5. The van der Waals surface area contributed by atoms with Gasteiger partial charge in [0.1, 0.15) is 17.0 Å². The summed E-state index contributed by atoms with van der Waals surface area (Å²) in [5, 5.41) is 3.17. The maximum absolute atomic E-state index is 11.9. The highest BCUT2D eigenvalue weighted by molar-refractivity contribution is 6.34. The maximum Gasteiger partial charge on any atom is 0.271 e. The molecule has 104 valence electrons. The molecule has 7 heteroatoms. The van der Waals surface area contributed by atoms with Gasteiger partial charge in [0.15, 0.2) is 5.79 Å².